The first-order valence-electron chi connectivity index (χ1n) is 7.42. The van der Waals surface area contributed by atoms with E-state index in [2.05, 4.69) is 41.7 Å². The number of aromatic amines is 2. The van der Waals surface area contributed by atoms with Crippen molar-refractivity contribution in [3.63, 3.8) is 0 Å². The molecule has 0 saturated carbocycles. The molecule has 4 rings (SSSR count). The molecule has 0 saturated heterocycles. The Balaban J connectivity index is 1.85. The van der Waals surface area contributed by atoms with Crippen LogP contribution in [-0.2, 0) is 6.42 Å². The number of aryl methyl sites for hydroxylation is 1. The Morgan fingerprint density at radius 1 is 1.23 bits per heavy atom. The Labute approximate surface area is 128 Å². The molecule has 0 bridgehead atoms. The molecular weight excluding hydrogens is 270 g/mol. The van der Waals surface area contributed by atoms with Crippen LogP contribution in [0.2, 0.25) is 0 Å². The lowest BCUT2D eigenvalue weighted by molar-refractivity contribution is 1.04. The number of hydrogen-bond acceptors (Lipinski definition) is 1. The second-order valence-corrected chi connectivity index (χ2v) is 5.61. The second kappa shape index (κ2) is 4.88. The fraction of sp³-hybridized carbons (Fsp3) is 0.105. The van der Waals surface area contributed by atoms with Crippen molar-refractivity contribution >= 4 is 28.0 Å². The Hall–Kier alpha value is -2.81. The molecular formula is C19H17N3. The van der Waals surface area contributed by atoms with Crippen molar-refractivity contribution in [1.82, 2.24) is 15.0 Å². The van der Waals surface area contributed by atoms with Crippen LogP contribution < -0.4 is 0 Å². The maximum Gasteiger partial charge on any atom is 0.111 e. The van der Waals surface area contributed by atoms with E-state index in [0.717, 1.165) is 34.4 Å². The van der Waals surface area contributed by atoms with Gasteiger partial charge in [0.25, 0.3) is 0 Å². The lowest BCUT2D eigenvalue weighted by atomic mass is 9.97. The second-order valence-electron chi connectivity index (χ2n) is 5.61. The van der Waals surface area contributed by atoms with Crippen LogP contribution >= 0.6 is 0 Å². The highest BCUT2D eigenvalue weighted by molar-refractivity contribution is 5.91. The first-order valence-corrected chi connectivity index (χ1v) is 7.42. The van der Waals surface area contributed by atoms with E-state index in [0.29, 0.717) is 0 Å². The summed E-state index contributed by atoms with van der Waals surface area (Å²) in [4.78, 5) is 11.4. The van der Waals surface area contributed by atoms with Gasteiger partial charge in [-0.05, 0) is 47.9 Å². The summed E-state index contributed by atoms with van der Waals surface area (Å²) in [6.07, 6.45) is 4.68. The van der Waals surface area contributed by atoms with Crippen LogP contribution in [0.5, 0.6) is 0 Å². The van der Waals surface area contributed by atoms with Gasteiger partial charge in [0.05, 0.1) is 16.6 Å². The molecule has 0 radical (unpaired) electrons. The minimum absolute atomic E-state index is 0.798. The van der Waals surface area contributed by atoms with Crippen LogP contribution in [0.3, 0.4) is 0 Å². The predicted molar refractivity (Wildman–Crippen MR) is 92.0 cm³/mol. The molecule has 0 spiro atoms. The summed E-state index contributed by atoms with van der Waals surface area (Å²) in [6.45, 7) is 6.06. The number of aromatic nitrogens is 3. The number of para-hydroxylation sites is 2. The molecule has 0 amide bonds. The lowest BCUT2D eigenvalue weighted by Crippen LogP contribution is -1.96. The number of nitrogens with one attached hydrogen (secondary N) is 2. The van der Waals surface area contributed by atoms with Gasteiger partial charge in [0.2, 0.25) is 0 Å². The van der Waals surface area contributed by atoms with Gasteiger partial charge in [0, 0.05) is 18.0 Å². The zero-order valence-corrected chi connectivity index (χ0v) is 12.5. The smallest absolute Gasteiger partial charge is 0.111 e. The topological polar surface area (TPSA) is 44.5 Å². The van der Waals surface area contributed by atoms with Gasteiger partial charge in [0.1, 0.15) is 5.82 Å². The van der Waals surface area contributed by atoms with E-state index in [1.165, 1.54) is 16.5 Å². The number of imidazole rings is 1. The first-order chi connectivity index (χ1) is 10.8. The van der Waals surface area contributed by atoms with Gasteiger partial charge in [-0.3, -0.25) is 0 Å². The number of H-pyrrole nitrogens is 2. The van der Waals surface area contributed by atoms with Crippen molar-refractivity contribution in [3.05, 3.63) is 71.7 Å². The molecule has 0 aliphatic heterocycles. The third kappa shape index (κ3) is 1.94. The number of fused-ring (bicyclic) bond motifs is 2. The quantitative estimate of drug-likeness (QED) is 0.569. The van der Waals surface area contributed by atoms with E-state index in [1.807, 2.05) is 30.5 Å². The molecule has 2 heterocycles. The number of hydrogen-bond donors (Lipinski definition) is 2. The van der Waals surface area contributed by atoms with E-state index in [-0.39, 0.29) is 0 Å². The fourth-order valence-electron chi connectivity index (χ4n) is 3.12. The largest absolute Gasteiger partial charge is 0.361 e. The summed E-state index contributed by atoms with van der Waals surface area (Å²) in [7, 11) is 0. The monoisotopic (exact) mass is 287 g/mol. The fourth-order valence-corrected chi connectivity index (χ4v) is 3.12. The maximum absolute atomic E-state index is 4.70. The van der Waals surface area contributed by atoms with Gasteiger partial charge in [-0.15, -0.1) is 0 Å². The van der Waals surface area contributed by atoms with Crippen LogP contribution in [0, 0.1) is 6.92 Å². The van der Waals surface area contributed by atoms with Crippen molar-refractivity contribution in [2.75, 3.05) is 0 Å². The summed E-state index contributed by atoms with van der Waals surface area (Å²) in [5.41, 5.74) is 6.97. The van der Waals surface area contributed by atoms with E-state index in [9.17, 15) is 0 Å². The predicted octanol–water partition coefficient (Wildman–Crippen LogP) is 4.59. The molecule has 3 nitrogen and oxygen atoms in total. The van der Waals surface area contributed by atoms with Crippen LogP contribution in [0.4, 0.5) is 0 Å². The average Bonchev–Trinajstić information content (AvgIpc) is 3.15. The summed E-state index contributed by atoms with van der Waals surface area (Å²) in [5, 5.41) is 1.25. The van der Waals surface area contributed by atoms with Gasteiger partial charge in [0.15, 0.2) is 0 Å². The molecule has 4 aromatic rings. The molecule has 108 valence electrons. The standard InChI is InChI=1S/C19H17N3/c1-3-13-10-12(2)15(14-8-9-20-19(13)14)11-18-21-16-6-4-5-7-17(16)22-18/h3-10,20H,1,11H2,2H3,(H,21,22). The summed E-state index contributed by atoms with van der Waals surface area (Å²) < 4.78 is 0. The number of nitrogens with zero attached hydrogens (tertiary/aromatic N) is 1. The first kappa shape index (κ1) is 12.9. The molecule has 0 fully saturated rings. The third-order valence-electron chi connectivity index (χ3n) is 4.21. The van der Waals surface area contributed by atoms with E-state index in [1.54, 1.807) is 0 Å². The molecule has 0 unspecified atom stereocenters. The molecule has 0 aliphatic rings. The van der Waals surface area contributed by atoms with Crippen LogP contribution in [0.15, 0.2) is 49.2 Å². The zero-order valence-electron chi connectivity index (χ0n) is 12.5. The van der Waals surface area contributed by atoms with Gasteiger partial charge in [-0.25, -0.2) is 4.98 Å². The SMILES string of the molecule is C=Cc1cc(C)c(Cc2nc3ccccc3[nH]2)c2cc[nH]c12. The summed E-state index contributed by atoms with van der Waals surface area (Å²) in [5.74, 6) is 0.998. The Kier molecular flexibility index (Phi) is 2.86. The van der Waals surface area contributed by atoms with Crippen molar-refractivity contribution in [1.29, 1.82) is 0 Å². The molecule has 2 aromatic carbocycles. The van der Waals surface area contributed by atoms with Gasteiger partial charge in [-0.2, -0.15) is 0 Å². The zero-order chi connectivity index (χ0) is 15.1. The minimum Gasteiger partial charge on any atom is -0.361 e. The van der Waals surface area contributed by atoms with Crippen molar-refractivity contribution < 1.29 is 0 Å². The van der Waals surface area contributed by atoms with E-state index < -0.39 is 0 Å². The van der Waals surface area contributed by atoms with Gasteiger partial charge >= 0.3 is 0 Å². The number of benzene rings is 2. The van der Waals surface area contributed by atoms with Crippen molar-refractivity contribution in [2.45, 2.75) is 13.3 Å². The highest BCUT2D eigenvalue weighted by Crippen LogP contribution is 2.28. The van der Waals surface area contributed by atoms with Crippen molar-refractivity contribution in [3.8, 4) is 0 Å². The van der Waals surface area contributed by atoms with Crippen molar-refractivity contribution in [2.24, 2.45) is 0 Å². The van der Waals surface area contributed by atoms with Crippen LogP contribution in [0.1, 0.15) is 22.5 Å². The molecule has 0 aliphatic carbocycles. The van der Waals surface area contributed by atoms with E-state index >= 15 is 0 Å². The minimum atomic E-state index is 0.798. The molecule has 3 heteroatoms. The third-order valence-corrected chi connectivity index (χ3v) is 4.21. The van der Waals surface area contributed by atoms with E-state index in [4.69, 9.17) is 4.98 Å². The van der Waals surface area contributed by atoms with Crippen LogP contribution in [-0.4, -0.2) is 15.0 Å². The average molecular weight is 287 g/mol. The van der Waals surface area contributed by atoms with Gasteiger partial charge in [-0.1, -0.05) is 24.8 Å². The summed E-state index contributed by atoms with van der Waals surface area (Å²) in [6, 6.07) is 12.5. The number of rotatable bonds is 3. The Morgan fingerprint density at radius 2 is 2.09 bits per heavy atom. The van der Waals surface area contributed by atoms with Gasteiger partial charge < -0.3 is 9.97 Å². The molecule has 0 atom stereocenters. The highest BCUT2D eigenvalue weighted by Gasteiger charge is 2.12. The Bertz CT molecular complexity index is 955. The van der Waals surface area contributed by atoms with Crippen LogP contribution in [0.25, 0.3) is 28.0 Å². The highest BCUT2D eigenvalue weighted by atomic mass is 14.9. The lowest BCUT2D eigenvalue weighted by Gasteiger charge is -2.09. The Morgan fingerprint density at radius 3 is 2.91 bits per heavy atom. The molecule has 2 aromatic heterocycles. The molecule has 22 heavy (non-hydrogen) atoms. The maximum atomic E-state index is 4.70. The summed E-state index contributed by atoms with van der Waals surface area (Å²) >= 11 is 0. The molecule has 2 N–H and O–H groups in total. The normalized spacial score (nSPS) is 11.3.